The number of aromatic nitrogens is 2. The predicted molar refractivity (Wildman–Crippen MR) is 36.8 cm³/mol. The van der Waals surface area contributed by atoms with E-state index in [4.69, 9.17) is 17.3 Å². The molecule has 10 heavy (non-hydrogen) atoms. The van der Waals surface area contributed by atoms with Crippen molar-refractivity contribution in [1.29, 1.82) is 0 Å². The van der Waals surface area contributed by atoms with Gasteiger partial charge in [0.05, 0.1) is 0 Å². The molecule has 0 radical (unpaired) electrons. The fourth-order valence-electron chi connectivity index (χ4n) is 0.506. The molecule has 0 aliphatic rings. The topological polar surface area (TPSA) is 68.9 Å². The number of hydrogen-bond acceptors (Lipinski definition) is 4. The third-order valence-electron chi connectivity index (χ3n) is 0.837. The molecule has 52 valence electrons. The molecule has 0 bridgehead atoms. The van der Waals surface area contributed by atoms with Crippen LogP contribution in [0, 0.1) is 0 Å². The Bertz CT molecular complexity index is 243. The van der Waals surface area contributed by atoms with Crippen LogP contribution in [0.1, 0.15) is 10.6 Å². The molecule has 1 aromatic rings. The van der Waals surface area contributed by atoms with Crippen LogP contribution < -0.4 is 5.73 Å². The summed E-state index contributed by atoms with van der Waals surface area (Å²) in [6.45, 7) is 0. The van der Waals surface area contributed by atoms with E-state index in [-0.39, 0.29) is 16.8 Å². The lowest BCUT2D eigenvalue weighted by molar-refractivity contribution is 0.111. The number of nitrogens with zero attached hydrogens (tertiary/aromatic N) is 2. The van der Waals surface area contributed by atoms with Crippen LogP contribution >= 0.6 is 11.6 Å². The van der Waals surface area contributed by atoms with Crippen LogP contribution in [0.3, 0.4) is 0 Å². The maximum Gasteiger partial charge on any atom is 0.196 e. The maximum atomic E-state index is 10.1. The predicted octanol–water partition coefficient (Wildman–Crippen LogP) is 0.525. The molecule has 1 aromatic heterocycles. The highest BCUT2D eigenvalue weighted by Crippen LogP contribution is 2.06. The van der Waals surface area contributed by atoms with Crippen molar-refractivity contribution in [3.05, 3.63) is 17.0 Å². The van der Waals surface area contributed by atoms with Crippen LogP contribution in [-0.2, 0) is 0 Å². The molecule has 0 unspecified atom stereocenters. The first kappa shape index (κ1) is 6.95. The van der Waals surface area contributed by atoms with E-state index in [0.717, 1.165) is 0 Å². The minimum absolute atomic E-state index is 0.00463. The highest BCUT2D eigenvalue weighted by atomic mass is 35.5. The highest BCUT2D eigenvalue weighted by molar-refractivity contribution is 6.29. The van der Waals surface area contributed by atoms with E-state index in [0.29, 0.717) is 6.29 Å². The Kier molecular flexibility index (Phi) is 1.82. The van der Waals surface area contributed by atoms with Crippen LogP contribution in [-0.4, -0.2) is 16.3 Å². The Labute approximate surface area is 62.0 Å². The summed E-state index contributed by atoms with van der Waals surface area (Å²) in [5.41, 5.74) is 5.24. The molecule has 0 atom stereocenters. The van der Waals surface area contributed by atoms with E-state index in [1.807, 2.05) is 0 Å². The zero-order valence-corrected chi connectivity index (χ0v) is 5.67. The third kappa shape index (κ3) is 1.41. The van der Waals surface area contributed by atoms with Gasteiger partial charge in [0.25, 0.3) is 0 Å². The molecule has 0 saturated heterocycles. The molecule has 2 N–H and O–H groups in total. The summed E-state index contributed by atoms with van der Waals surface area (Å²) in [6, 6.07) is 1.37. The summed E-state index contributed by atoms with van der Waals surface area (Å²) in [5, 5.41) is 0.176. The Hall–Kier alpha value is -1.16. The first-order valence-corrected chi connectivity index (χ1v) is 2.85. The number of carbonyl (C=O) groups is 1. The smallest absolute Gasteiger partial charge is 0.196 e. The van der Waals surface area contributed by atoms with Gasteiger partial charge in [0.15, 0.2) is 12.1 Å². The molecule has 0 aromatic carbocycles. The van der Waals surface area contributed by atoms with Gasteiger partial charge in [0.2, 0.25) is 0 Å². The standard InChI is InChI=1S/C5H4ClN3O/c6-3-1-4(7)9-5(2-10)8-3/h1-2H,(H2,7,8,9). The summed E-state index contributed by atoms with van der Waals surface area (Å²) in [7, 11) is 0. The fraction of sp³-hybridized carbons (Fsp3) is 0. The Morgan fingerprint density at radius 1 is 1.60 bits per heavy atom. The Morgan fingerprint density at radius 2 is 2.30 bits per heavy atom. The minimum Gasteiger partial charge on any atom is -0.384 e. The van der Waals surface area contributed by atoms with Gasteiger partial charge in [-0.15, -0.1) is 0 Å². The Morgan fingerprint density at radius 3 is 2.80 bits per heavy atom. The largest absolute Gasteiger partial charge is 0.384 e. The van der Waals surface area contributed by atoms with Gasteiger partial charge in [-0.25, -0.2) is 9.97 Å². The molecular weight excluding hydrogens is 154 g/mol. The lowest BCUT2D eigenvalue weighted by Crippen LogP contribution is -1.97. The summed E-state index contributed by atoms with van der Waals surface area (Å²) in [4.78, 5) is 17.2. The van der Waals surface area contributed by atoms with Gasteiger partial charge in [0, 0.05) is 6.07 Å². The number of halogens is 1. The fourth-order valence-corrected chi connectivity index (χ4v) is 0.704. The number of aldehydes is 1. The quantitative estimate of drug-likeness (QED) is 0.477. The van der Waals surface area contributed by atoms with Gasteiger partial charge in [0.1, 0.15) is 11.0 Å². The number of nitrogen functional groups attached to an aromatic ring is 1. The molecule has 0 saturated carbocycles. The molecule has 0 aliphatic heterocycles. The first-order chi connectivity index (χ1) is 4.72. The van der Waals surface area contributed by atoms with Crippen molar-refractivity contribution < 1.29 is 4.79 Å². The summed E-state index contributed by atoms with van der Waals surface area (Å²) >= 11 is 5.44. The Balaban J connectivity index is 3.18. The van der Waals surface area contributed by atoms with Crippen LogP contribution in [0.25, 0.3) is 0 Å². The van der Waals surface area contributed by atoms with Gasteiger partial charge in [-0.3, -0.25) is 4.79 Å². The van der Waals surface area contributed by atoms with E-state index < -0.39 is 0 Å². The van der Waals surface area contributed by atoms with Gasteiger partial charge < -0.3 is 5.73 Å². The second-order valence-corrected chi connectivity index (χ2v) is 1.98. The molecule has 0 spiro atoms. The number of rotatable bonds is 1. The first-order valence-electron chi connectivity index (χ1n) is 2.47. The second kappa shape index (κ2) is 2.62. The lowest BCUT2D eigenvalue weighted by Gasteiger charge is -1.92. The third-order valence-corrected chi connectivity index (χ3v) is 1.03. The van der Waals surface area contributed by atoms with Crippen LogP contribution in [0.5, 0.6) is 0 Å². The van der Waals surface area contributed by atoms with Crippen molar-refractivity contribution in [1.82, 2.24) is 9.97 Å². The van der Waals surface area contributed by atoms with E-state index in [9.17, 15) is 4.79 Å². The highest BCUT2D eigenvalue weighted by Gasteiger charge is 1.97. The molecule has 5 heteroatoms. The lowest BCUT2D eigenvalue weighted by atomic mass is 10.5. The molecule has 1 rings (SSSR count). The van der Waals surface area contributed by atoms with Crippen molar-refractivity contribution in [2.24, 2.45) is 0 Å². The van der Waals surface area contributed by atoms with Gasteiger partial charge in [-0.2, -0.15) is 0 Å². The van der Waals surface area contributed by atoms with Gasteiger partial charge in [-0.1, -0.05) is 11.6 Å². The number of nitrogens with two attached hydrogens (primary N) is 1. The van der Waals surface area contributed by atoms with E-state index in [2.05, 4.69) is 9.97 Å². The van der Waals surface area contributed by atoms with Gasteiger partial charge >= 0.3 is 0 Å². The van der Waals surface area contributed by atoms with Crippen LogP contribution in [0.2, 0.25) is 5.15 Å². The number of carbonyl (C=O) groups excluding carboxylic acids is 1. The van der Waals surface area contributed by atoms with Crippen LogP contribution in [0.4, 0.5) is 5.82 Å². The normalized spacial score (nSPS) is 9.30. The summed E-state index contributed by atoms with van der Waals surface area (Å²) < 4.78 is 0. The zero-order valence-electron chi connectivity index (χ0n) is 4.91. The molecule has 1 heterocycles. The SMILES string of the molecule is Nc1cc(Cl)nc(C=O)n1. The maximum absolute atomic E-state index is 10.1. The summed E-state index contributed by atoms with van der Waals surface area (Å²) in [5.74, 6) is 0.201. The van der Waals surface area contributed by atoms with Gasteiger partial charge in [-0.05, 0) is 0 Å². The molecule has 0 amide bonds. The number of anilines is 1. The monoisotopic (exact) mass is 157 g/mol. The van der Waals surface area contributed by atoms with Crippen molar-refractivity contribution in [3.63, 3.8) is 0 Å². The number of hydrogen-bond donors (Lipinski definition) is 1. The van der Waals surface area contributed by atoms with Crippen molar-refractivity contribution in [3.8, 4) is 0 Å². The van der Waals surface area contributed by atoms with E-state index in [1.54, 1.807) is 0 Å². The second-order valence-electron chi connectivity index (χ2n) is 1.59. The minimum atomic E-state index is 0.00463. The molecule has 0 fully saturated rings. The molecule has 0 aliphatic carbocycles. The molecule has 4 nitrogen and oxygen atoms in total. The zero-order chi connectivity index (χ0) is 7.56. The van der Waals surface area contributed by atoms with E-state index in [1.165, 1.54) is 6.07 Å². The van der Waals surface area contributed by atoms with E-state index >= 15 is 0 Å². The van der Waals surface area contributed by atoms with Crippen molar-refractivity contribution >= 4 is 23.7 Å². The summed E-state index contributed by atoms with van der Waals surface area (Å²) in [6.07, 6.45) is 0.488. The van der Waals surface area contributed by atoms with Crippen molar-refractivity contribution in [2.45, 2.75) is 0 Å². The average Bonchev–Trinajstić information content (AvgIpc) is 1.85. The average molecular weight is 158 g/mol. The van der Waals surface area contributed by atoms with Crippen LogP contribution in [0.15, 0.2) is 6.07 Å². The van der Waals surface area contributed by atoms with Crippen molar-refractivity contribution in [2.75, 3.05) is 5.73 Å². The molecular formula is C5H4ClN3O.